The lowest BCUT2D eigenvalue weighted by molar-refractivity contribution is 0.0169. The van der Waals surface area contributed by atoms with Crippen LogP contribution in [0.25, 0.3) is 0 Å². The summed E-state index contributed by atoms with van der Waals surface area (Å²) >= 11 is 0. The molecule has 1 saturated heterocycles. The van der Waals surface area contributed by atoms with Gasteiger partial charge in [0.25, 0.3) is 0 Å². The van der Waals surface area contributed by atoms with E-state index in [0.29, 0.717) is 25.7 Å². The van der Waals surface area contributed by atoms with Crippen molar-refractivity contribution in [1.82, 2.24) is 4.72 Å². The van der Waals surface area contributed by atoms with Gasteiger partial charge >= 0.3 is 0 Å². The van der Waals surface area contributed by atoms with Gasteiger partial charge in [-0.25, -0.2) is 21.9 Å². The van der Waals surface area contributed by atoms with Crippen LogP contribution in [0.15, 0.2) is 23.1 Å². The smallest absolute Gasteiger partial charge is 0.243 e. The summed E-state index contributed by atoms with van der Waals surface area (Å²) in [5.74, 6) is -1.93. The van der Waals surface area contributed by atoms with Crippen molar-refractivity contribution < 1.29 is 26.7 Å². The highest BCUT2D eigenvalue weighted by molar-refractivity contribution is 7.89. The van der Waals surface area contributed by atoms with Crippen LogP contribution in [-0.4, -0.2) is 40.9 Å². The minimum absolute atomic E-state index is 0.116. The van der Waals surface area contributed by atoms with E-state index in [1.165, 1.54) is 0 Å². The summed E-state index contributed by atoms with van der Waals surface area (Å²) < 4.78 is 63.0. The van der Waals surface area contributed by atoms with Gasteiger partial charge in [0.2, 0.25) is 10.0 Å². The Hall–Kier alpha value is -1.09. The molecule has 1 aromatic carbocycles. The van der Waals surface area contributed by atoms with Crippen LogP contribution in [0.2, 0.25) is 0 Å². The molecule has 124 valence electrons. The molecule has 0 amide bonds. The van der Waals surface area contributed by atoms with Crippen molar-refractivity contribution >= 4 is 10.0 Å². The van der Waals surface area contributed by atoms with Gasteiger partial charge in [-0.15, -0.1) is 0 Å². The normalized spacial score (nSPS) is 18.7. The highest BCUT2D eigenvalue weighted by Crippen LogP contribution is 2.15. The van der Waals surface area contributed by atoms with Gasteiger partial charge in [0.1, 0.15) is 16.5 Å². The standard InChI is InChI=1S/C14H19F2NO4S/c15-11-4-5-14(13(16)9-11)22(18,19)17-6-2-7-20-10-12-3-1-8-21-12/h4-5,9,12,17H,1-3,6-8,10H2. The molecule has 1 aliphatic rings. The Balaban J connectivity index is 1.71. The first-order chi connectivity index (χ1) is 10.5. The molecule has 8 heteroatoms. The maximum absolute atomic E-state index is 13.5. The van der Waals surface area contributed by atoms with Gasteiger partial charge < -0.3 is 9.47 Å². The van der Waals surface area contributed by atoms with E-state index in [1.807, 2.05) is 0 Å². The van der Waals surface area contributed by atoms with Crippen molar-refractivity contribution in [3.8, 4) is 0 Å². The summed E-state index contributed by atoms with van der Waals surface area (Å²) in [6, 6.07) is 2.35. The predicted molar refractivity (Wildman–Crippen MR) is 76.0 cm³/mol. The molecule has 0 bridgehead atoms. The van der Waals surface area contributed by atoms with E-state index in [4.69, 9.17) is 9.47 Å². The zero-order chi connectivity index (χ0) is 16.0. The first kappa shape index (κ1) is 17.3. The Kier molecular flexibility index (Phi) is 6.25. The quantitative estimate of drug-likeness (QED) is 0.736. The van der Waals surface area contributed by atoms with Crippen LogP contribution in [0.3, 0.4) is 0 Å². The molecule has 0 spiro atoms. The minimum atomic E-state index is -3.98. The largest absolute Gasteiger partial charge is 0.379 e. The predicted octanol–water partition coefficient (Wildman–Crippen LogP) is 1.83. The molecule has 0 radical (unpaired) electrons. The lowest BCUT2D eigenvalue weighted by Crippen LogP contribution is -2.26. The molecule has 22 heavy (non-hydrogen) atoms. The van der Waals surface area contributed by atoms with E-state index in [9.17, 15) is 17.2 Å². The number of ether oxygens (including phenoxy) is 2. The second-order valence-electron chi connectivity index (χ2n) is 5.04. The molecule has 1 atom stereocenters. The van der Waals surface area contributed by atoms with Gasteiger partial charge in [0.05, 0.1) is 12.7 Å². The van der Waals surface area contributed by atoms with Crippen molar-refractivity contribution in [3.05, 3.63) is 29.8 Å². The number of halogens is 2. The maximum Gasteiger partial charge on any atom is 0.243 e. The zero-order valence-electron chi connectivity index (χ0n) is 12.1. The highest BCUT2D eigenvalue weighted by atomic mass is 32.2. The van der Waals surface area contributed by atoms with E-state index < -0.39 is 26.6 Å². The average molecular weight is 335 g/mol. The topological polar surface area (TPSA) is 64.6 Å². The fourth-order valence-corrected chi connectivity index (χ4v) is 3.27. The Morgan fingerprint density at radius 1 is 1.36 bits per heavy atom. The fraction of sp³-hybridized carbons (Fsp3) is 0.571. The Morgan fingerprint density at radius 2 is 2.18 bits per heavy atom. The maximum atomic E-state index is 13.5. The number of hydrogen-bond donors (Lipinski definition) is 1. The van der Waals surface area contributed by atoms with E-state index in [1.54, 1.807) is 0 Å². The van der Waals surface area contributed by atoms with Crippen LogP contribution in [0, 0.1) is 11.6 Å². The molecular formula is C14H19F2NO4S. The van der Waals surface area contributed by atoms with Gasteiger partial charge in [-0.3, -0.25) is 0 Å². The first-order valence-corrected chi connectivity index (χ1v) is 8.61. The number of benzene rings is 1. The van der Waals surface area contributed by atoms with E-state index in [2.05, 4.69) is 4.72 Å². The summed E-state index contributed by atoms with van der Waals surface area (Å²) in [6.45, 7) is 1.76. The monoisotopic (exact) mass is 335 g/mol. The number of hydrogen-bond acceptors (Lipinski definition) is 4. The van der Waals surface area contributed by atoms with Crippen molar-refractivity contribution in [2.24, 2.45) is 0 Å². The van der Waals surface area contributed by atoms with Crippen LogP contribution < -0.4 is 4.72 Å². The summed E-state index contributed by atoms with van der Waals surface area (Å²) in [4.78, 5) is -0.561. The van der Waals surface area contributed by atoms with E-state index >= 15 is 0 Å². The van der Waals surface area contributed by atoms with Gasteiger partial charge in [0, 0.05) is 25.8 Å². The van der Waals surface area contributed by atoms with E-state index in [0.717, 1.165) is 31.6 Å². The number of nitrogens with one attached hydrogen (secondary N) is 1. The minimum Gasteiger partial charge on any atom is -0.379 e. The van der Waals surface area contributed by atoms with Crippen LogP contribution in [0.5, 0.6) is 0 Å². The zero-order valence-corrected chi connectivity index (χ0v) is 12.9. The van der Waals surface area contributed by atoms with Gasteiger partial charge in [-0.05, 0) is 31.4 Å². The molecule has 1 aliphatic heterocycles. The Morgan fingerprint density at radius 3 is 2.86 bits per heavy atom. The van der Waals surface area contributed by atoms with Crippen molar-refractivity contribution in [2.75, 3.05) is 26.4 Å². The molecule has 0 aliphatic carbocycles. The van der Waals surface area contributed by atoms with E-state index in [-0.39, 0.29) is 12.6 Å². The third-order valence-corrected chi connectivity index (χ3v) is 4.76. The van der Waals surface area contributed by atoms with Crippen LogP contribution in [0.4, 0.5) is 8.78 Å². The highest BCUT2D eigenvalue weighted by Gasteiger charge is 2.19. The second-order valence-corrected chi connectivity index (χ2v) is 6.77. The molecule has 0 aromatic heterocycles. The number of sulfonamides is 1. The molecule has 2 rings (SSSR count). The second kappa shape index (κ2) is 7.96. The summed E-state index contributed by atoms with van der Waals surface area (Å²) in [5.41, 5.74) is 0. The summed E-state index contributed by atoms with van der Waals surface area (Å²) in [7, 11) is -3.98. The van der Waals surface area contributed by atoms with Gasteiger partial charge in [-0.1, -0.05) is 0 Å². The van der Waals surface area contributed by atoms with Crippen molar-refractivity contribution in [2.45, 2.75) is 30.3 Å². The average Bonchev–Trinajstić information content (AvgIpc) is 2.95. The third-order valence-electron chi connectivity index (χ3n) is 3.27. The molecule has 1 aromatic rings. The van der Waals surface area contributed by atoms with Crippen molar-refractivity contribution in [1.29, 1.82) is 0 Å². The van der Waals surface area contributed by atoms with Crippen LogP contribution in [0.1, 0.15) is 19.3 Å². The summed E-state index contributed by atoms with van der Waals surface area (Å²) in [6.07, 6.45) is 2.60. The number of rotatable bonds is 8. The molecule has 1 fully saturated rings. The Labute approximate surface area is 128 Å². The molecule has 5 nitrogen and oxygen atoms in total. The fourth-order valence-electron chi connectivity index (χ4n) is 2.14. The molecular weight excluding hydrogens is 316 g/mol. The van der Waals surface area contributed by atoms with Crippen LogP contribution in [-0.2, 0) is 19.5 Å². The third kappa shape index (κ3) is 4.98. The first-order valence-electron chi connectivity index (χ1n) is 7.13. The van der Waals surface area contributed by atoms with Gasteiger partial charge in [-0.2, -0.15) is 0 Å². The van der Waals surface area contributed by atoms with Gasteiger partial charge in [0.15, 0.2) is 0 Å². The van der Waals surface area contributed by atoms with Crippen molar-refractivity contribution in [3.63, 3.8) is 0 Å². The molecule has 1 N–H and O–H groups in total. The Bertz CT molecular complexity index is 589. The lowest BCUT2D eigenvalue weighted by atomic mass is 10.2. The SMILES string of the molecule is O=S(=O)(NCCCOCC1CCCO1)c1ccc(F)cc1F. The van der Waals surface area contributed by atoms with Crippen LogP contribution >= 0.6 is 0 Å². The summed E-state index contributed by atoms with van der Waals surface area (Å²) in [5, 5.41) is 0. The lowest BCUT2D eigenvalue weighted by Gasteiger charge is -2.10. The molecule has 1 heterocycles. The molecule has 1 unspecified atom stereocenters. The molecule has 0 saturated carbocycles.